The van der Waals surface area contributed by atoms with E-state index in [1.165, 1.54) is 0 Å². The van der Waals surface area contributed by atoms with Crippen LogP contribution in [0.5, 0.6) is 0 Å². The lowest BCUT2D eigenvalue weighted by Gasteiger charge is -2.02. The fourth-order valence-corrected chi connectivity index (χ4v) is 1.20. The first-order valence-corrected chi connectivity index (χ1v) is 4.83. The fraction of sp³-hybridized carbons (Fsp3) is 0.500. The molecular formula is C8H10Cl2N2O. The Bertz CT molecular complexity index is 281. The highest BCUT2D eigenvalue weighted by Gasteiger charge is 2.01. The molecule has 1 heterocycles. The number of halogens is 2. The molecule has 1 aromatic heterocycles. The summed E-state index contributed by atoms with van der Waals surface area (Å²) in [4.78, 5) is 8.06. The van der Waals surface area contributed by atoms with Gasteiger partial charge in [0.15, 0.2) is 0 Å². The Morgan fingerprint density at radius 2 is 2.23 bits per heavy atom. The van der Waals surface area contributed by atoms with E-state index in [0.29, 0.717) is 24.2 Å². The van der Waals surface area contributed by atoms with E-state index < -0.39 is 0 Å². The molecule has 5 heteroatoms. The maximum atomic E-state index is 5.74. The van der Waals surface area contributed by atoms with Crippen molar-refractivity contribution in [1.29, 1.82) is 0 Å². The third-order valence-corrected chi connectivity index (χ3v) is 1.80. The van der Waals surface area contributed by atoms with Crippen molar-refractivity contribution in [2.75, 3.05) is 6.61 Å². The summed E-state index contributed by atoms with van der Waals surface area (Å²) in [5.41, 5.74) is 0.762. The molecule has 0 spiro atoms. The summed E-state index contributed by atoms with van der Waals surface area (Å²) in [6.45, 7) is 3.02. The minimum Gasteiger partial charge on any atom is -0.375 e. The summed E-state index contributed by atoms with van der Waals surface area (Å²) in [5, 5.41) is 0.403. The minimum atomic E-state index is 0.264. The third kappa shape index (κ3) is 3.46. The summed E-state index contributed by atoms with van der Waals surface area (Å²) in [6.07, 6.45) is 0. The fourth-order valence-electron chi connectivity index (χ4n) is 0.856. The zero-order chi connectivity index (χ0) is 9.68. The number of hydrogen-bond acceptors (Lipinski definition) is 3. The topological polar surface area (TPSA) is 35.0 Å². The molecule has 0 amide bonds. The summed E-state index contributed by atoms with van der Waals surface area (Å²) in [7, 11) is 0. The highest BCUT2D eigenvalue weighted by molar-refractivity contribution is 6.29. The maximum absolute atomic E-state index is 5.74. The van der Waals surface area contributed by atoms with E-state index in [2.05, 4.69) is 9.97 Å². The van der Waals surface area contributed by atoms with Gasteiger partial charge in [-0.1, -0.05) is 11.6 Å². The average molecular weight is 221 g/mol. The van der Waals surface area contributed by atoms with E-state index in [-0.39, 0.29) is 5.88 Å². The van der Waals surface area contributed by atoms with Crippen LogP contribution < -0.4 is 0 Å². The van der Waals surface area contributed by atoms with Gasteiger partial charge in [0.25, 0.3) is 0 Å². The summed E-state index contributed by atoms with van der Waals surface area (Å²) in [5.74, 6) is 0.795. The number of hydrogen-bond donors (Lipinski definition) is 0. The normalized spacial score (nSPS) is 10.4. The van der Waals surface area contributed by atoms with Crippen LogP contribution in [0.4, 0.5) is 0 Å². The molecule has 0 fully saturated rings. The van der Waals surface area contributed by atoms with Gasteiger partial charge in [0.1, 0.15) is 11.0 Å². The lowest BCUT2D eigenvalue weighted by Crippen LogP contribution is -2.00. The Kier molecular flexibility index (Phi) is 4.42. The van der Waals surface area contributed by atoms with Crippen molar-refractivity contribution in [3.05, 3.63) is 22.7 Å². The van der Waals surface area contributed by atoms with Gasteiger partial charge in [0, 0.05) is 6.61 Å². The lowest BCUT2D eigenvalue weighted by molar-refractivity contribution is 0.131. The molecule has 3 nitrogen and oxygen atoms in total. The van der Waals surface area contributed by atoms with Gasteiger partial charge in [0.05, 0.1) is 18.2 Å². The van der Waals surface area contributed by atoms with Gasteiger partial charge in [-0.3, -0.25) is 0 Å². The molecule has 0 aliphatic carbocycles. The Morgan fingerprint density at radius 1 is 1.46 bits per heavy atom. The summed E-state index contributed by atoms with van der Waals surface area (Å²) >= 11 is 11.3. The van der Waals surface area contributed by atoms with Crippen molar-refractivity contribution in [3.8, 4) is 0 Å². The number of aromatic nitrogens is 2. The first kappa shape index (κ1) is 10.7. The van der Waals surface area contributed by atoms with Crippen LogP contribution in [0, 0.1) is 0 Å². The Hall–Kier alpha value is -0.380. The molecule has 0 aliphatic rings. The minimum absolute atomic E-state index is 0.264. The van der Waals surface area contributed by atoms with Crippen molar-refractivity contribution in [1.82, 2.24) is 9.97 Å². The van der Waals surface area contributed by atoms with Gasteiger partial charge in [-0.25, -0.2) is 9.97 Å². The maximum Gasteiger partial charge on any atom is 0.145 e. The van der Waals surface area contributed by atoms with Crippen molar-refractivity contribution < 1.29 is 4.74 Å². The molecule has 0 saturated carbocycles. The SMILES string of the molecule is CCOCc1cc(Cl)nc(CCl)n1. The van der Waals surface area contributed by atoms with Crippen LogP contribution in [-0.2, 0) is 17.2 Å². The first-order chi connectivity index (χ1) is 6.26. The zero-order valence-corrected chi connectivity index (χ0v) is 8.77. The largest absolute Gasteiger partial charge is 0.375 e. The van der Waals surface area contributed by atoms with Crippen molar-refractivity contribution in [3.63, 3.8) is 0 Å². The second-order valence-corrected chi connectivity index (χ2v) is 3.02. The zero-order valence-electron chi connectivity index (χ0n) is 7.26. The van der Waals surface area contributed by atoms with Gasteiger partial charge in [-0.2, -0.15) is 0 Å². The molecule has 0 aliphatic heterocycles. The van der Waals surface area contributed by atoms with Crippen molar-refractivity contribution in [2.24, 2.45) is 0 Å². The van der Waals surface area contributed by atoms with E-state index in [1.807, 2.05) is 6.92 Å². The second kappa shape index (κ2) is 5.37. The standard InChI is InChI=1S/C8H10Cl2N2O/c1-2-13-5-6-3-7(10)12-8(4-9)11-6/h3H,2,4-5H2,1H3. The van der Waals surface area contributed by atoms with E-state index in [1.54, 1.807) is 6.07 Å². The van der Waals surface area contributed by atoms with E-state index in [4.69, 9.17) is 27.9 Å². The molecule has 72 valence electrons. The van der Waals surface area contributed by atoms with Crippen LogP contribution in [0.2, 0.25) is 5.15 Å². The summed E-state index contributed by atoms with van der Waals surface area (Å²) < 4.78 is 5.18. The number of nitrogens with zero attached hydrogens (tertiary/aromatic N) is 2. The van der Waals surface area contributed by atoms with Gasteiger partial charge >= 0.3 is 0 Å². The molecule has 0 atom stereocenters. The van der Waals surface area contributed by atoms with Crippen LogP contribution in [0.25, 0.3) is 0 Å². The quantitative estimate of drug-likeness (QED) is 0.578. The molecule has 0 bridgehead atoms. The number of alkyl halides is 1. The molecule has 1 aromatic rings. The molecule has 0 radical (unpaired) electrons. The Morgan fingerprint density at radius 3 is 2.85 bits per heavy atom. The van der Waals surface area contributed by atoms with Crippen LogP contribution in [0.3, 0.4) is 0 Å². The molecule has 0 unspecified atom stereocenters. The van der Waals surface area contributed by atoms with E-state index in [9.17, 15) is 0 Å². The predicted octanol–water partition coefficient (Wildman–Crippen LogP) is 2.41. The number of ether oxygens (including phenoxy) is 1. The van der Waals surface area contributed by atoms with E-state index >= 15 is 0 Å². The van der Waals surface area contributed by atoms with E-state index in [0.717, 1.165) is 5.69 Å². The molecule has 13 heavy (non-hydrogen) atoms. The molecule has 1 rings (SSSR count). The van der Waals surface area contributed by atoms with Crippen LogP contribution >= 0.6 is 23.2 Å². The summed E-state index contributed by atoms with van der Waals surface area (Å²) in [6, 6.07) is 1.67. The van der Waals surface area contributed by atoms with Crippen molar-refractivity contribution >= 4 is 23.2 Å². The second-order valence-electron chi connectivity index (χ2n) is 2.37. The molecule has 0 N–H and O–H groups in total. The van der Waals surface area contributed by atoms with Gasteiger partial charge in [-0.15, -0.1) is 11.6 Å². The number of rotatable bonds is 4. The first-order valence-electron chi connectivity index (χ1n) is 3.92. The lowest BCUT2D eigenvalue weighted by atomic mass is 10.4. The third-order valence-electron chi connectivity index (χ3n) is 1.37. The van der Waals surface area contributed by atoms with Gasteiger partial charge < -0.3 is 4.74 Å². The smallest absolute Gasteiger partial charge is 0.145 e. The van der Waals surface area contributed by atoms with Gasteiger partial charge in [0.2, 0.25) is 0 Å². The van der Waals surface area contributed by atoms with Crippen LogP contribution in [-0.4, -0.2) is 16.6 Å². The van der Waals surface area contributed by atoms with Gasteiger partial charge in [-0.05, 0) is 13.0 Å². The Labute approximate surface area is 87.1 Å². The highest BCUT2D eigenvalue weighted by atomic mass is 35.5. The van der Waals surface area contributed by atoms with Crippen molar-refractivity contribution in [2.45, 2.75) is 19.4 Å². The monoisotopic (exact) mass is 220 g/mol. The van der Waals surface area contributed by atoms with Crippen LogP contribution in [0.15, 0.2) is 6.07 Å². The molecule has 0 saturated heterocycles. The molecular weight excluding hydrogens is 211 g/mol. The predicted molar refractivity (Wildman–Crippen MR) is 51.9 cm³/mol. The van der Waals surface area contributed by atoms with Crippen LogP contribution in [0.1, 0.15) is 18.4 Å². The average Bonchev–Trinajstić information content (AvgIpc) is 2.14. The highest BCUT2D eigenvalue weighted by Crippen LogP contribution is 2.09. The molecule has 0 aromatic carbocycles. The Balaban J connectivity index is 2.76.